The number of hydrogen-bond donors (Lipinski definition) is 2. The molecule has 5 heteroatoms. The summed E-state index contributed by atoms with van der Waals surface area (Å²) < 4.78 is 1.78. The van der Waals surface area contributed by atoms with Gasteiger partial charge in [-0.05, 0) is 6.42 Å². The zero-order valence-electron chi connectivity index (χ0n) is 7.69. The quantitative estimate of drug-likeness (QED) is 0.660. The Bertz CT molecular complexity index is 292. The summed E-state index contributed by atoms with van der Waals surface area (Å²) in [6, 6.07) is 0. The van der Waals surface area contributed by atoms with E-state index < -0.39 is 5.60 Å². The summed E-state index contributed by atoms with van der Waals surface area (Å²) in [6.07, 6.45) is 2.65. The molecular formula is C8H14N4O. The third kappa shape index (κ3) is 1.34. The Kier molecular flexibility index (Phi) is 2.05. The molecule has 0 unspecified atom stereocenters. The van der Waals surface area contributed by atoms with Gasteiger partial charge >= 0.3 is 0 Å². The minimum atomic E-state index is -0.737. The Balaban J connectivity index is 2.23. The number of hydrogen-bond acceptors (Lipinski definition) is 4. The van der Waals surface area contributed by atoms with Gasteiger partial charge in [-0.3, -0.25) is 0 Å². The van der Waals surface area contributed by atoms with Crippen LogP contribution in [0.25, 0.3) is 0 Å². The fraction of sp³-hybridized carbons (Fsp3) is 0.750. The minimum absolute atomic E-state index is 0.601. The summed E-state index contributed by atoms with van der Waals surface area (Å²) in [7, 11) is 0. The van der Waals surface area contributed by atoms with Crippen LogP contribution >= 0.6 is 0 Å². The number of nitrogens with one attached hydrogen (secondary N) is 1. The monoisotopic (exact) mass is 182 g/mol. The first-order chi connectivity index (χ1) is 6.26. The molecule has 2 heterocycles. The van der Waals surface area contributed by atoms with Crippen molar-refractivity contribution in [2.45, 2.75) is 25.5 Å². The van der Waals surface area contributed by atoms with Gasteiger partial charge in [-0.1, -0.05) is 12.1 Å². The molecule has 0 amide bonds. The van der Waals surface area contributed by atoms with Crippen molar-refractivity contribution in [3.05, 3.63) is 11.9 Å². The summed E-state index contributed by atoms with van der Waals surface area (Å²) in [5, 5.41) is 20.8. The van der Waals surface area contributed by atoms with Crippen LogP contribution in [-0.2, 0) is 12.1 Å². The van der Waals surface area contributed by atoms with Crippen molar-refractivity contribution in [2.24, 2.45) is 0 Å². The topological polar surface area (TPSA) is 63.0 Å². The third-order valence-electron chi connectivity index (χ3n) is 2.36. The predicted molar refractivity (Wildman–Crippen MR) is 47.1 cm³/mol. The van der Waals surface area contributed by atoms with Crippen LogP contribution in [0.1, 0.15) is 19.0 Å². The highest BCUT2D eigenvalue weighted by molar-refractivity contribution is 5.14. The van der Waals surface area contributed by atoms with Gasteiger partial charge in [-0.15, -0.1) is 5.10 Å². The molecule has 0 aliphatic carbocycles. The van der Waals surface area contributed by atoms with Crippen LogP contribution in [0.4, 0.5) is 0 Å². The average Bonchev–Trinajstić information content (AvgIpc) is 2.49. The Morgan fingerprint density at radius 3 is 3.00 bits per heavy atom. The van der Waals surface area contributed by atoms with Gasteiger partial charge in [-0.25, -0.2) is 4.68 Å². The molecule has 13 heavy (non-hydrogen) atoms. The van der Waals surface area contributed by atoms with Crippen LogP contribution in [-0.4, -0.2) is 33.2 Å². The normalized spacial score (nSPS) is 19.8. The van der Waals surface area contributed by atoms with Crippen LogP contribution in [0.2, 0.25) is 0 Å². The van der Waals surface area contributed by atoms with Crippen molar-refractivity contribution in [1.82, 2.24) is 20.3 Å². The lowest BCUT2D eigenvalue weighted by Crippen LogP contribution is -2.57. The SMILES string of the molecule is CCCn1nncc1C1(O)CNC1. The maximum atomic E-state index is 10.0. The van der Waals surface area contributed by atoms with Crippen molar-refractivity contribution in [2.75, 3.05) is 13.1 Å². The number of aromatic nitrogens is 3. The molecule has 1 saturated heterocycles. The molecule has 2 N–H and O–H groups in total. The smallest absolute Gasteiger partial charge is 0.132 e. The van der Waals surface area contributed by atoms with Crippen molar-refractivity contribution in [3.8, 4) is 0 Å². The van der Waals surface area contributed by atoms with E-state index in [1.54, 1.807) is 10.9 Å². The number of β-amino-alcohol motifs (C(OH)–C–C–N with tert-alkyl or cyclic N) is 1. The molecule has 0 saturated carbocycles. The van der Waals surface area contributed by atoms with E-state index in [2.05, 4.69) is 22.6 Å². The molecule has 2 rings (SSSR count). The van der Waals surface area contributed by atoms with Gasteiger partial charge < -0.3 is 10.4 Å². The van der Waals surface area contributed by atoms with E-state index >= 15 is 0 Å². The molecule has 0 bridgehead atoms. The number of rotatable bonds is 3. The third-order valence-corrected chi connectivity index (χ3v) is 2.36. The molecule has 1 aliphatic heterocycles. The second-order valence-corrected chi connectivity index (χ2v) is 3.48. The predicted octanol–water partition coefficient (Wildman–Crippen LogP) is -0.521. The molecule has 1 aliphatic rings. The number of aryl methyl sites for hydroxylation is 1. The first-order valence-electron chi connectivity index (χ1n) is 4.58. The van der Waals surface area contributed by atoms with Crippen molar-refractivity contribution in [1.29, 1.82) is 0 Å². The van der Waals surface area contributed by atoms with E-state index in [1.807, 2.05) is 0 Å². The lowest BCUT2D eigenvalue weighted by atomic mass is 9.93. The Morgan fingerprint density at radius 2 is 2.46 bits per heavy atom. The molecule has 72 valence electrons. The highest BCUT2D eigenvalue weighted by atomic mass is 16.3. The van der Waals surface area contributed by atoms with E-state index in [4.69, 9.17) is 0 Å². The molecule has 0 atom stereocenters. The maximum absolute atomic E-state index is 10.0. The molecule has 0 radical (unpaired) electrons. The summed E-state index contributed by atoms with van der Waals surface area (Å²) in [5.41, 5.74) is 0.0895. The van der Waals surface area contributed by atoms with Crippen molar-refractivity contribution < 1.29 is 5.11 Å². The maximum Gasteiger partial charge on any atom is 0.132 e. The fourth-order valence-electron chi connectivity index (χ4n) is 1.54. The molecule has 5 nitrogen and oxygen atoms in total. The largest absolute Gasteiger partial charge is 0.381 e. The first kappa shape index (κ1) is 8.65. The lowest BCUT2D eigenvalue weighted by Gasteiger charge is -2.37. The number of nitrogens with zero attached hydrogens (tertiary/aromatic N) is 3. The van der Waals surface area contributed by atoms with E-state index in [0.717, 1.165) is 18.7 Å². The van der Waals surface area contributed by atoms with E-state index in [9.17, 15) is 5.11 Å². The Labute approximate surface area is 76.8 Å². The van der Waals surface area contributed by atoms with Gasteiger partial charge in [-0.2, -0.15) is 0 Å². The van der Waals surface area contributed by atoms with E-state index in [0.29, 0.717) is 13.1 Å². The van der Waals surface area contributed by atoms with Crippen LogP contribution < -0.4 is 5.32 Å². The molecular weight excluding hydrogens is 168 g/mol. The van der Waals surface area contributed by atoms with Crippen molar-refractivity contribution in [3.63, 3.8) is 0 Å². The van der Waals surface area contributed by atoms with Gasteiger partial charge in [0.1, 0.15) is 5.60 Å². The van der Waals surface area contributed by atoms with Gasteiger partial charge in [0.05, 0.1) is 11.9 Å². The van der Waals surface area contributed by atoms with Gasteiger partial charge in [0.15, 0.2) is 0 Å². The van der Waals surface area contributed by atoms with Crippen LogP contribution in [0.3, 0.4) is 0 Å². The molecule has 1 aromatic heterocycles. The van der Waals surface area contributed by atoms with E-state index in [-0.39, 0.29) is 0 Å². The standard InChI is InChI=1S/C8H14N4O/c1-2-3-12-7(4-10-11-12)8(13)5-9-6-8/h4,9,13H,2-3,5-6H2,1H3. The van der Waals surface area contributed by atoms with Gasteiger partial charge in [0.25, 0.3) is 0 Å². The summed E-state index contributed by atoms with van der Waals surface area (Å²) in [4.78, 5) is 0. The second-order valence-electron chi connectivity index (χ2n) is 3.48. The summed E-state index contributed by atoms with van der Waals surface area (Å²) in [5.74, 6) is 0. The summed E-state index contributed by atoms with van der Waals surface area (Å²) >= 11 is 0. The zero-order chi connectivity index (χ0) is 9.31. The Morgan fingerprint density at radius 1 is 1.69 bits per heavy atom. The zero-order valence-corrected chi connectivity index (χ0v) is 7.69. The van der Waals surface area contributed by atoms with Crippen LogP contribution in [0.5, 0.6) is 0 Å². The highest BCUT2D eigenvalue weighted by Crippen LogP contribution is 2.23. The molecule has 1 fully saturated rings. The van der Waals surface area contributed by atoms with Crippen LogP contribution in [0, 0.1) is 0 Å². The van der Waals surface area contributed by atoms with Gasteiger partial charge in [0.2, 0.25) is 0 Å². The second kappa shape index (κ2) is 3.08. The van der Waals surface area contributed by atoms with Gasteiger partial charge in [0, 0.05) is 19.6 Å². The molecule has 1 aromatic rings. The van der Waals surface area contributed by atoms with Crippen molar-refractivity contribution >= 4 is 0 Å². The van der Waals surface area contributed by atoms with E-state index in [1.165, 1.54) is 0 Å². The molecule has 0 aromatic carbocycles. The fourth-order valence-corrected chi connectivity index (χ4v) is 1.54. The lowest BCUT2D eigenvalue weighted by molar-refractivity contribution is -0.0226. The highest BCUT2D eigenvalue weighted by Gasteiger charge is 2.39. The minimum Gasteiger partial charge on any atom is -0.381 e. The summed E-state index contributed by atoms with van der Waals surface area (Å²) in [6.45, 7) is 4.10. The first-order valence-corrected chi connectivity index (χ1v) is 4.58. The average molecular weight is 182 g/mol. The molecule has 0 spiro atoms. The number of aliphatic hydroxyl groups is 1. The van der Waals surface area contributed by atoms with Crippen LogP contribution in [0.15, 0.2) is 6.20 Å². The Hall–Kier alpha value is -0.940.